The van der Waals surface area contributed by atoms with Crippen molar-refractivity contribution in [2.45, 2.75) is 6.04 Å². The number of carbonyl (C=O) groups excluding carboxylic acids is 2. The summed E-state index contributed by atoms with van der Waals surface area (Å²) in [6.45, 7) is 0. The highest BCUT2D eigenvalue weighted by Gasteiger charge is 2.22. The highest BCUT2D eigenvalue weighted by atomic mass is 16.6. The fourth-order valence-corrected chi connectivity index (χ4v) is 2.11. The molecule has 0 heterocycles. The lowest BCUT2D eigenvalue weighted by Gasteiger charge is -2.15. The second-order valence-electron chi connectivity index (χ2n) is 5.06. The molecule has 1 atom stereocenters. The number of nitro groups is 1. The number of hydrogen-bond acceptors (Lipinski definition) is 5. The van der Waals surface area contributed by atoms with Crippen LogP contribution in [0.4, 0.5) is 5.69 Å². The Morgan fingerprint density at radius 2 is 1.76 bits per heavy atom. The topological polar surface area (TPSA) is 98.5 Å². The third-order valence-electron chi connectivity index (χ3n) is 3.39. The van der Waals surface area contributed by atoms with Crippen LogP contribution in [-0.2, 0) is 14.3 Å². The lowest BCUT2D eigenvalue weighted by atomic mass is 10.1. The molecule has 0 aliphatic heterocycles. The molecular formula is C18H16N2O5. The Labute approximate surface area is 144 Å². The molecule has 2 aromatic rings. The van der Waals surface area contributed by atoms with Crippen molar-refractivity contribution >= 4 is 23.6 Å². The Morgan fingerprint density at radius 1 is 1.12 bits per heavy atom. The first kappa shape index (κ1) is 17.9. The van der Waals surface area contributed by atoms with Crippen molar-refractivity contribution in [3.63, 3.8) is 0 Å². The highest BCUT2D eigenvalue weighted by molar-refractivity contribution is 5.94. The first-order valence-corrected chi connectivity index (χ1v) is 7.37. The number of esters is 1. The predicted molar refractivity (Wildman–Crippen MR) is 91.5 cm³/mol. The van der Waals surface area contributed by atoms with Crippen molar-refractivity contribution in [2.24, 2.45) is 0 Å². The van der Waals surface area contributed by atoms with Crippen LogP contribution in [0.1, 0.15) is 17.2 Å². The number of non-ortho nitro benzene ring substituents is 1. The summed E-state index contributed by atoms with van der Waals surface area (Å²) < 4.78 is 4.72. The van der Waals surface area contributed by atoms with Crippen LogP contribution in [0.2, 0.25) is 0 Å². The number of nitrogens with zero attached hydrogens (tertiary/aromatic N) is 1. The van der Waals surface area contributed by atoms with E-state index in [-0.39, 0.29) is 5.69 Å². The van der Waals surface area contributed by atoms with Gasteiger partial charge >= 0.3 is 5.97 Å². The van der Waals surface area contributed by atoms with E-state index in [4.69, 9.17) is 4.74 Å². The van der Waals surface area contributed by atoms with Gasteiger partial charge in [0, 0.05) is 18.2 Å². The van der Waals surface area contributed by atoms with Crippen molar-refractivity contribution in [1.82, 2.24) is 5.32 Å². The Kier molecular flexibility index (Phi) is 6.00. The van der Waals surface area contributed by atoms with E-state index < -0.39 is 22.8 Å². The number of methoxy groups -OCH3 is 1. The molecule has 0 aliphatic rings. The fraction of sp³-hybridized carbons (Fsp3) is 0.111. The average molecular weight is 340 g/mol. The summed E-state index contributed by atoms with van der Waals surface area (Å²) in [5, 5.41) is 13.2. The van der Waals surface area contributed by atoms with Gasteiger partial charge in [0.05, 0.1) is 12.0 Å². The molecule has 0 radical (unpaired) electrons. The second kappa shape index (κ2) is 8.39. The third-order valence-corrected chi connectivity index (χ3v) is 3.39. The Hall–Kier alpha value is -3.48. The number of hydrogen-bond donors (Lipinski definition) is 1. The van der Waals surface area contributed by atoms with Gasteiger partial charge in [0.1, 0.15) is 0 Å². The summed E-state index contributed by atoms with van der Waals surface area (Å²) >= 11 is 0. The molecule has 0 aliphatic carbocycles. The van der Waals surface area contributed by atoms with Crippen LogP contribution in [0.5, 0.6) is 0 Å². The number of nitrogens with one attached hydrogen (secondary N) is 1. The average Bonchev–Trinajstić information content (AvgIpc) is 2.64. The lowest BCUT2D eigenvalue weighted by molar-refractivity contribution is -0.384. The van der Waals surface area contributed by atoms with Gasteiger partial charge in [0.2, 0.25) is 5.91 Å². The van der Waals surface area contributed by atoms with Gasteiger partial charge in [-0.1, -0.05) is 30.3 Å². The van der Waals surface area contributed by atoms with Crippen LogP contribution >= 0.6 is 0 Å². The SMILES string of the molecule is COC(=O)C(NC(=O)C=Cc1ccc([N+](=O)[O-])cc1)c1ccccc1. The monoisotopic (exact) mass is 340 g/mol. The standard InChI is InChI=1S/C18H16N2O5/c1-25-18(22)17(14-5-3-2-4-6-14)19-16(21)12-9-13-7-10-15(11-8-13)20(23)24/h2-12,17H,1H3,(H,19,21). The molecule has 128 valence electrons. The van der Waals surface area contributed by atoms with E-state index in [1.165, 1.54) is 43.5 Å². The largest absolute Gasteiger partial charge is 0.467 e. The van der Waals surface area contributed by atoms with Gasteiger partial charge < -0.3 is 10.1 Å². The van der Waals surface area contributed by atoms with Gasteiger partial charge in [-0.05, 0) is 29.3 Å². The molecule has 0 saturated carbocycles. The molecule has 7 nitrogen and oxygen atoms in total. The summed E-state index contributed by atoms with van der Waals surface area (Å²) in [6.07, 6.45) is 2.75. The number of amides is 1. The zero-order valence-electron chi connectivity index (χ0n) is 13.4. The molecule has 2 aromatic carbocycles. The normalized spacial score (nSPS) is 11.7. The number of nitro benzene ring substituents is 1. The number of rotatable bonds is 6. The molecular weight excluding hydrogens is 324 g/mol. The molecule has 1 amide bonds. The van der Waals surface area contributed by atoms with E-state index >= 15 is 0 Å². The smallest absolute Gasteiger partial charge is 0.333 e. The van der Waals surface area contributed by atoms with E-state index in [0.29, 0.717) is 11.1 Å². The van der Waals surface area contributed by atoms with E-state index in [1.54, 1.807) is 30.3 Å². The minimum atomic E-state index is -0.916. The first-order valence-electron chi connectivity index (χ1n) is 7.37. The molecule has 0 bridgehead atoms. The molecule has 7 heteroatoms. The summed E-state index contributed by atoms with van der Waals surface area (Å²) in [5.74, 6) is -1.07. The summed E-state index contributed by atoms with van der Waals surface area (Å²) in [5.41, 5.74) is 1.19. The lowest BCUT2D eigenvalue weighted by Crippen LogP contribution is -2.33. The van der Waals surface area contributed by atoms with E-state index in [1.807, 2.05) is 0 Å². The van der Waals surface area contributed by atoms with Crippen LogP contribution in [0, 0.1) is 10.1 Å². The maximum atomic E-state index is 12.1. The molecule has 1 unspecified atom stereocenters. The van der Waals surface area contributed by atoms with Gasteiger partial charge in [-0.15, -0.1) is 0 Å². The second-order valence-corrected chi connectivity index (χ2v) is 5.06. The van der Waals surface area contributed by atoms with Crippen molar-refractivity contribution in [3.8, 4) is 0 Å². The molecule has 0 aromatic heterocycles. The predicted octanol–water partition coefficient (Wildman–Crippen LogP) is 2.64. The van der Waals surface area contributed by atoms with Crippen LogP contribution in [0.25, 0.3) is 6.08 Å². The highest BCUT2D eigenvalue weighted by Crippen LogP contribution is 2.15. The summed E-state index contributed by atoms with van der Waals surface area (Å²) in [7, 11) is 1.25. The Bertz CT molecular complexity index is 785. The third kappa shape index (κ3) is 5.00. The first-order chi connectivity index (χ1) is 12.0. The summed E-state index contributed by atoms with van der Waals surface area (Å²) in [6, 6.07) is 13.6. The van der Waals surface area contributed by atoms with Crippen molar-refractivity contribution in [2.75, 3.05) is 7.11 Å². The van der Waals surface area contributed by atoms with Crippen molar-refractivity contribution < 1.29 is 19.2 Å². The zero-order valence-corrected chi connectivity index (χ0v) is 13.4. The van der Waals surface area contributed by atoms with Gasteiger partial charge in [-0.25, -0.2) is 4.79 Å². The zero-order chi connectivity index (χ0) is 18.2. The van der Waals surface area contributed by atoms with Crippen LogP contribution in [0.15, 0.2) is 60.7 Å². The maximum Gasteiger partial charge on any atom is 0.333 e. The van der Waals surface area contributed by atoms with Crippen LogP contribution < -0.4 is 5.32 Å². The van der Waals surface area contributed by atoms with E-state index in [2.05, 4.69) is 5.32 Å². The molecule has 25 heavy (non-hydrogen) atoms. The molecule has 0 fully saturated rings. The fourth-order valence-electron chi connectivity index (χ4n) is 2.11. The van der Waals surface area contributed by atoms with Crippen molar-refractivity contribution in [1.29, 1.82) is 0 Å². The molecule has 2 rings (SSSR count). The molecule has 0 saturated heterocycles. The number of benzene rings is 2. The van der Waals surface area contributed by atoms with Gasteiger partial charge in [0.15, 0.2) is 6.04 Å². The van der Waals surface area contributed by atoms with Gasteiger partial charge in [-0.3, -0.25) is 14.9 Å². The van der Waals surface area contributed by atoms with E-state index in [0.717, 1.165) is 0 Å². The quantitative estimate of drug-likeness (QED) is 0.377. The Balaban J connectivity index is 2.08. The minimum Gasteiger partial charge on any atom is -0.467 e. The van der Waals surface area contributed by atoms with Crippen LogP contribution in [0.3, 0.4) is 0 Å². The maximum absolute atomic E-state index is 12.1. The van der Waals surface area contributed by atoms with Gasteiger partial charge in [0.25, 0.3) is 5.69 Å². The van der Waals surface area contributed by atoms with Gasteiger partial charge in [-0.2, -0.15) is 0 Å². The molecule has 1 N–H and O–H groups in total. The van der Waals surface area contributed by atoms with E-state index in [9.17, 15) is 19.7 Å². The minimum absolute atomic E-state index is 0.0311. The molecule has 0 spiro atoms. The Morgan fingerprint density at radius 3 is 2.32 bits per heavy atom. The van der Waals surface area contributed by atoms with Crippen LogP contribution in [-0.4, -0.2) is 23.9 Å². The van der Waals surface area contributed by atoms with Crippen molar-refractivity contribution in [3.05, 3.63) is 81.9 Å². The summed E-state index contributed by atoms with van der Waals surface area (Å²) in [4.78, 5) is 34.1. The number of ether oxygens (including phenoxy) is 1. The number of carbonyl (C=O) groups is 2.